The number of benzene rings is 1. The first kappa shape index (κ1) is 13.8. The standard InChI is InChI=1S/C14H20N2O3/c1-9-4-10(2)12(18-3)11(5-9)16-13(17)14(6-15)7-19-8-14/h4-5H,6-8,15H2,1-3H3,(H,16,17). The van der Waals surface area contributed by atoms with Crippen molar-refractivity contribution in [2.45, 2.75) is 13.8 Å². The molecule has 0 spiro atoms. The van der Waals surface area contributed by atoms with Gasteiger partial charge in [0.2, 0.25) is 5.91 Å². The highest BCUT2D eigenvalue weighted by Crippen LogP contribution is 2.33. The second kappa shape index (κ2) is 5.19. The number of hydrogen-bond acceptors (Lipinski definition) is 4. The molecule has 1 aromatic rings. The van der Waals surface area contributed by atoms with E-state index in [9.17, 15) is 4.79 Å². The van der Waals surface area contributed by atoms with Gasteiger partial charge in [-0.3, -0.25) is 4.79 Å². The molecule has 0 atom stereocenters. The molecule has 1 aliphatic heterocycles. The Kier molecular flexibility index (Phi) is 3.78. The molecule has 5 heteroatoms. The van der Waals surface area contributed by atoms with Crippen LogP contribution in [0.15, 0.2) is 12.1 Å². The zero-order valence-electron chi connectivity index (χ0n) is 11.6. The molecule has 0 aromatic heterocycles. The van der Waals surface area contributed by atoms with Crippen LogP contribution in [-0.2, 0) is 9.53 Å². The van der Waals surface area contributed by atoms with Crippen molar-refractivity contribution in [2.24, 2.45) is 11.1 Å². The van der Waals surface area contributed by atoms with E-state index >= 15 is 0 Å². The second-order valence-corrected chi connectivity index (χ2v) is 5.09. The molecule has 1 aromatic carbocycles. The lowest BCUT2D eigenvalue weighted by Gasteiger charge is -2.38. The van der Waals surface area contributed by atoms with Crippen molar-refractivity contribution >= 4 is 11.6 Å². The van der Waals surface area contributed by atoms with Crippen LogP contribution in [0, 0.1) is 19.3 Å². The predicted molar refractivity (Wildman–Crippen MR) is 73.4 cm³/mol. The van der Waals surface area contributed by atoms with E-state index in [0.29, 0.717) is 24.7 Å². The number of amides is 1. The topological polar surface area (TPSA) is 73.6 Å². The average molecular weight is 264 g/mol. The maximum Gasteiger partial charge on any atom is 0.236 e. The molecule has 1 amide bonds. The molecule has 0 radical (unpaired) electrons. The fraction of sp³-hybridized carbons (Fsp3) is 0.500. The van der Waals surface area contributed by atoms with Crippen molar-refractivity contribution < 1.29 is 14.3 Å². The van der Waals surface area contributed by atoms with Gasteiger partial charge in [-0.05, 0) is 31.0 Å². The van der Waals surface area contributed by atoms with Crippen molar-refractivity contribution in [1.82, 2.24) is 0 Å². The Morgan fingerprint density at radius 3 is 2.63 bits per heavy atom. The number of nitrogens with one attached hydrogen (secondary N) is 1. The van der Waals surface area contributed by atoms with Gasteiger partial charge in [-0.15, -0.1) is 0 Å². The minimum absolute atomic E-state index is 0.107. The van der Waals surface area contributed by atoms with Crippen molar-refractivity contribution in [2.75, 3.05) is 32.2 Å². The number of rotatable bonds is 4. The molecule has 104 valence electrons. The average Bonchev–Trinajstić information content (AvgIpc) is 2.27. The molecule has 1 aliphatic rings. The van der Waals surface area contributed by atoms with E-state index in [4.69, 9.17) is 15.2 Å². The van der Waals surface area contributed by atoms with Crippen LogP contribution >= 0.6 is 0 Å². The van der Waals surface area contributed by atoms with Gasteiger partial charge in [0.15, 0.2) is 0 Å². The van der Waals surface area contributed by atoms with Crippen LogP contribution < -0.4 is 15.8 Å². The van der Waals surface area contributed by atoms with Crippen LogP contribution in [0.2, 0.25) is 0 Å². The molecule has 2 rings (SSSR count). The highest BCUT2D eigenvalue weighted by atomic mass is 16.5. The predicted octanol–water partition coefficient (Wildman–Crippen LogP) is 1.23. The Bertz CT molecular complexity index is 490. The van der Waals surface area contributed by atoms with Gasteiger partial charge in [-0.2, -0.15) is 0 Å². The second-order valence-electron chi connectivity index (χ2n) is 5.09. The summed E-state index contributed by atoms with van der Waals surface area (Å²) in [4.78, 5) is 12.3. The summed E-state index contributed by atoms with van der Waals surface area (Å²) in [5.74, 6) is 0.580. The minimum atomic E-state index is -0.595. The number of ether oxygens (including phenoxy) is 2. The van der Waals surface area contributed by atoms with Gasteiger partial charge in [-0.25, -0.2) is 0 Å². The summed E-state index contributed by atoms with van der Waals surface area (Å²) < 4.78 is 10.5. The molecule has 1 saturated heterocycles. The first-order valence-electron chi connectivity index (χ1n) is 6.27. The third-order valence-electron chi connectivity index (χ3n) is 3.50. The Morgan fingerprint density at radius 2 is 2.16 bits per heavy atom. The summed E-state index contributed by atoms with van der Waals surface area (Å²) in [5.41, 5.74) is 7.83. The number of aryl methyl sites for hydroxylation is 2. The van der Waals surface area contributed by atoms with Crippen LogP contribution in [0.25, 0.3) is 0 Å². The van der Waals surface area contributed by atoms with Gasteiger partial charge in [0.25, 0.3) is 0 Å². The summed E-state index contributed by atoms with van der Waals surface area (Å²) >= 11 is 0. The third kappa shape index (κ3) is 2.43. The first-order valence-corrected chi connectivity index (χ1v) is 6.27. The van der Waals surface area contributed by atoms with Crippen molar-refractivity contribution in [1.29, 1.82) is 0 Å². The Hall–Kier alpha value is -1.59. The van der Waals surface area contributed by atoms with E-state index in [2.05, 4.69) is 5.32 Å². The Morgan fingerprint density at radius 1 is 1.47 bits per heavy atom. The fourth-order valence-corrected chi connectivity index (χ4v) is 2.26. The molecule has 0 unspecified atom stereocenters. The van der Waals surface area contributed by atoms with E-state index in [0.717, 1.165) is 11.1 Å². The smallest absolute Gasteiger partial charge is 0.236 e. The van der Waals surface area contributed by atoms with E-state index in [1.54, 1.807) is 7.11 Å². The van der Waals surface area contributed by atoms with Crippen molar-refractivity contribution in [3.8, 4) is 5.75 Å². The number of methoxy groups -OCH3 is 1. The lowest BCUT2D eigenvalue weighted by Crippen LogP contribution is -2.56. The van der Waals surface area contributed by atoms with Crippen molar-refractivity contribution in [3.63, 3.8) is 0 Å². The number of carbonyl (C=O) groups is 1. The quantitative estimate of drug-likeness (QED) is 0.857. The molecular formula is C14H20N2O3. The van der Waals surface area contributed by atoms with E-state index in [-0.39, 0.29) is 12.5 Å². The summed E-state index contributed by atoms with van der Waals surface area (Å²) in [5, 5.41) is 2.91. The van der Waals surface area contributed by atoms with Crippen LogP contribution in [0.1, 0.15) is 11.1 Å². The highest BCUT2D eigenvalue weighted by Gasteiger charge is 2.45. The van der Waals surface area contributed by atoms with Crippen LogP contribution in [0.5, 0.6) is 5.75 Å². The molecule has 5 nitrogen and oxygen atoms in total. The molecule has 0 bridgehead atoms. The number of hydrogen-bond donors (Lipinski definition) is 2. The van der Waals surface area contributed by atoms with Crippen LogP contribution in [0.4, 0.5) is 5.69 Å². The highest BCUT2D eigenvalue weighted by molar-refractivity contribution is 5.97. The van der Waals surface area contributed by atoms with Crippen LogP contribution in [0.3, 0.4) is 0 Å². The van der Waals surface area contributed by atoms with Gasteiger partial charge in [0.05, 0.1) is 26.0 Å². The molecule has 0 saturated carbocycles. The molecule has 1 heterocycles. The summed E-state index contributed by atoms with van der Waals surface area (Å²) in [6.45, 7) is 4.97. The zero-order chi connectivity index (χ0) is 14.0. The SMILES string of the molecule is COc1c(C)cc(C)cc1NC(=O)C1(CN)COC1. The van der Waals surface area contributed by atoms with Gasteiger partial charge in [0, 0.05) is 6.54 Å². The van der Waals surface area contributed by atoms with Gasteiger partial charge >= 0.3 is 0 Å². The Labute approximate surface area is 113 Å². The monoisotopic (exact) mass is 264 g/mol. The lowest BCUT2D eigenvalue weighted by atomic mass is 9.85. The lowest BCUT2D eigenvalue weighted by molar-refractivity contribution is -0.153. The fourth-order valence-electron chi connectivity index (χ4n) is 2.26. The zero-order valence-corrected chi connectivity index (χ0v) is 11.6. The Balaban J connectivity index is 2.26. The maximum absolute atomic E-state index is 12.3. The van der Waals surface area contributed by atoms with Gasteiger partial charge < -0.3 is 20.5 Å². The third-order valence-corrected chi connectivity index (χ3v) is 3.50. The van der Waals surface area contributed by atoms with Crippen LogP contribution in [-0.4, -0.2) is 32.8 Å². The molecule has 3 N–H and O–H groups in total. The number of carbonyl (C=O) groups excluding carboxylic acids is 1. The normalized spacial score (nSPS) is 16.6. The van der Waals surface area contributed by atoms with Gasteiger partial charge in [0.1, 0.15) is 11.2 Å². The van der Waals surface area contributed by atoms with E-state index < -0.39 is 5.41 Å². The first-order chi connectivity index (χ1) is 9.02. The molecular weight excluding hydrogens is 244 g/mol. The number of anilines is 1. The summed E-state index contributed by atoms with van der Waals surface area (Å²) in [7, 11) is 1.60. The number of nitrogens with two attached hydrogens (primary N) is 1. The minimum Gasteiger partial charge on any atom is -0.494 e. The van der Waals surface area contributed by atoms with E-state index in [1.165, 1.54) is 0 Å². The van der Waals surface area contributed by atoms with Gasteiger partial charge in [-0.1, -0.05) is 6.07 Å². The molecule has 19 heavy (non-hydrogen) atoms. The molecule has 0 aliphatic carbocycles. The maximum atomic E-state index is 12.3. The summed E-state index contributed by atoms with van der Waals surface area (Å²) in [6.07, 6.45) is 0. The van der Waals surface area contributed by atoms with E-state index in [1.807, 2.05) is 26.0 Å². The summed E-state index contributed by atoms with van der Waals surface area (Å²) in [6, 6.07) is 3.91. The molecule has 1 fully saturated rings. The largest absolute Gasteiger partial charge is 0.494 e. The van der Waals surface area contributed by atoms with Crippen molar-refractivity contribution in [3.05, 3.63) is 23.3 Å².